The maximum absolute atomic E-state index is 12.9. The quantitative estimate of drug-likeness (QED) is 0.273. The molecule has 0 bridgehead atoms. The van der Waals surface area contributed by atoms with Crippen molar-refractivity contribution in [3.63, 3.8) is 0 Å². The Morgan fingerprint density at radius 1 is 1.08 bits per heavy atom. The van der Waals surface area contributed by atoms with Gasteiger partial charge in [-0.1, -0.05) is 30.3 Å². The number of urea groups is 1. The van der Waals surface area contributed by atoms with E-state index in [1.165, 1.54) is 18.2 Å². The number of aromatic nitrogens is 2. The Morgan fingerprint density at radius 2 is 1.97 bits per heavy atom. The number of amides is 3. The number of nitrogens with one attached hydrogen (secondary N) is 3. The summed E-state index contributed by atoms with van der Waals surface area (Å²) in [6, 6.07) is 20.9. The van der Waals surface area contributed by atoms with Gasteiger partial charge in [0.2, 0.25) is 5.91 Å². The molecule has 0 fully saturated rings. The monoisotopic (exact) mass is 495 g/mol. The lowest BCUT2D eigenvalue weighted by Crippen LogP contribution is -2.34. The number of carbonyl (C=O) groups excluding carboxylic acids is 2. The molecule has 3 aromatic carbocycles. The molecule has 0 spiro atoms. The molecule has 3 amide bonds. The number of H-pyrrole nitrogens is 1. The van der Waals surface area contributed by atoms with Gasteiger partial charge in [0.1, 0.15) is 0 Å². The van der Waals surface area contributed by atoms with Crippen molar-refractivity contribution in [2.24, 2.45) is 0 Å². The molecule has 36 heavy (non-hydrogen) atoms. The summed E-state index contributed by atoms with van der Waals surface area (Å²) < 4.78 is 5.39. The Bertz CT molecular complexity index is 1560. The summed E-state index contributed by atoms with van der Waals surface area (Å²) in [4.78, 5) is 35.5. The van der Waals surface area contributed by atoms with Gasteiger partial charge in [0.05, 0.1) is 29.9 Å². The summed E-state index contributed by atoms with van der Waals surface area (Å²) >= 11 is 1.51. The molecule has 0 unspecified atom stereocenters. The second kappa shape index (κ2) is 9.27. The molecule has 3 heterocycles. The normalized spacial score (nSPS) is 13.0. The van der Waals surface area contributed by atoms with Crippen LogP contribution in [0.15, 0.2) is 94.8 Å². The van der Waals surface area contributed by atoms with Gasteiger partial charge >= 0.3 is 6.03 Å². The summed E-state index contributed by atoms with van der Waals surface area (Å²) in [5, 5.41) is 6.66. The van der Waals surface area contributed by atoms with Crippen LogP contribution in [0.25, 0.3) is 22.2 Å². The van der Waals surface area contributed by atoms with Crippen LogP contribution in [0.1, 0.15) is 5.56 Å². The largest absolute Gasteiger partial charge is 0.444 e. The maximum Gasteiger partial charge on any atom is 0.323 e. The average molecular weight is 496 g/mol. The fourth-order valence-electron chi connectivity index (χ4n) is 4.24. The molecule has 9 heteroatoms. The maximum atomic E-state index is 12.9. The Kier molecular flexibility index (Phi) is 5.67. The fraction of sp³-hybridized carbons (Fsp3) is 0.0741. The number of aromatic amines is 1. The third-order valence-electron chi connectivity index (χ3n) is 5.99. The second-order valence-corrected chi connectivity index (χ2v) is 9.36. The van der Waals surface area contributed by atoms with Gasteiger partial charge < -0.3 is 24.9 Å². The number of carbonyl (C=O) groups is 2. The number of hydrogen-bond donors (Lipinski definition) is 3. The fourth-order valence-corrected chi connectivity index (χ4v) is 5.16. The molecule has 0 saturated heterocycles. The highest BCUT2D eigenvalue weighted by atomic mass is 32.2. The van der Waals surface area contributed by atoms with E-state index in [1.54, 1.807) is 17.3 Å². The highest BCUT2D eigenvalue weighted by Gasteiger charge is 2.25. The number of hydrogen-bond acceptors (Lipinski definition) is 5. The van der Waals surface area contributed by atoms with E-state index in [4.69, 9.17) is 4.42 Å². The third-order valence-corrected chi connectivity index (χ3v) is 7.04. The third kappa shape index (κ3) is 4.32. The Hall–Kier alpha value is -4.50. The zero-order valence-electron chi connectivity index (χ0n) is 19.0. The molecule has 5 aromatic rings. The van der Waals surface area contributed by atoms with Gasteiger partial charge in [-0.25, -0.2) is 9.78 Å². The first kappa shape index (κ1) is 22.0. The molecule has 1 aliphatic rings. The summed E-state index contributed by atoms with van der Waals surface area (Å²) in [5.41, 5.74) is 4.82. The van der Waals surface area contributed by atoms with Crippen LogP contribution in [0.4, 0.5) is 21.9 Å². The zero-order chi connectivity index (χ0) is 24.5. The van der Waals surface area contributed by atoms with Crippen LogP contribution < -0.4 is 15.5 Å². The lowest BCUT2D eigenvalue weighted by atomic mass is 10.1. The van der Waals surface area contributed by atoms with Crippen molar-refractivity contribution in [1.29, 1.82) is 0 Å². The van der Waals surface area contributed by atoms with Crippen LogP contribution >= 0.6 is 11.8 Å². The van der Waals surface area contributed by atoms with E-state index >= 15 is 0 Å². The van der Waals surface area contributed by atoms with Crippen molar-refractivity contribution in [3.8, 4) is 11.3 Å². The van der Waals surface area contributed by atoms with Crippen LogP contribution in [0, 0.1) is 0 Å². The molecule has 1 aliphatic heterocycles. The van der Waals surface area contributed by atoms with Gasteiger partial charge in [0, 0.05) is 33.2 Å². The van der Waals surface area contributed by atoms with Crippen molar-refractivity contribution in [2.75, 3.05) is 21.3 Å². The van der Waals surface area contributed by atoms with Gasteiger partial charge in [0.25, 0.3) is 0 Å². The average Bonchev–Trinajstić information content (AvgIpc) is 3.57. The molecular weight excluding hydrogens is 474 g/mol. The topological polar surface area (TPSA) is 103 Å². The SMILES string of the molecule is O=C(Nc1ccc2c(c1)N(Cc1ccccc1)C(=O)CS2)Nc1c[nH]c2ccc(-c3cnco3)cc12. The van der Waals surface area contributed by atoms with E-state index in [-0.39, 0.29) is 11.9 Å². The van der Waals surface area contributed by atoms with Crippen LogP contribution in [-0.4, -0.2) is 27.7 Å². The standard InChI is InChI=1S/C27H21N5O3S/c33-26-15-36-25-9-7-19(11-23(25)32(26)14-17-4-2-1-3-5-17)30-27(34)31-22-12-29-21-8-6-18(10-20(21)22)24-13-28-16-35-24/h1-13,16,29H,14-15H2,(H2,30,31,34). The Morgan fingerprint density at radius 3 is 2.81 bits per heavy atom. The minimum atomic E-state index is -0.384. The van der Waals surface area contributed by atoms with E-state index in [2.05, 4.69) is 20.6 Å². The number of fused-ring (bicyclic) bond motifs is 2. The first-order valence-electron chi connectivity index (χ1n) is 11.3. The Balaban J connectivity index is 1.22. The van der Waals surface area contributed by atoms with Crippen molar-refractivity contribution in [2.45, 2.75) is 11.4 Å². The number of oxazole rings is 1. The van der Waals surface area contributed by atoms with Gasteiger partial charge in [-0.15, -0.1) is 11.8 Å². The second-order valence-electron chi connectivity index (χ2n) is 8.34. The van der Waals surface area contributed by atoms with Crippen LogP contribution in [0.3, 0.4) is 0 Å². The molecule has 0 saturated carbocycles. The number of nitrogens with zero attached hydrogens (tertiary/aromatic N) is 2. The molecule has 6 rings (SSSR count). The summed E-state index contributed by atoms with van der Waals surface area (Å²) in [5.74, 6) is 1.08. The summed E-state index contributed by atoms with van der Waals surface area (Å²) in [6.45, 7) is 0.478. The molecular formula is C27H21N5O3S. The van der Waals surface area contributed by atoms with Crippen molar-refractivity contribution < 1.29 is 14.0 Å². The first-order valence-corrected chi connectivity index (χ1v) is 12.3. The zero-order valence-corrected chi connectivity index (χ0v) is 19.8. The smallest absolute Gasteiger partial charge is 0.323 e. The number of benzene rings is 3. The predicted octanol–water partition coefficient (Wildman–Crippen LogP) is 6.11. The van der Waals surface area contributed by atoms with Gasteiger partial charge in [-0.2, -0.15) is 0 Å². The molecule has 3 N–H and O–H groups in total. The summed E-state index contributed by atoms with van der Waals surface area (Å²) in [6.07, 6.45) is 4.78. The van der Waals surface area contributed by atoms with Crippen LogP contribution in [0.5, 0.6) is 0 Å². The molecule has 2 aromatic heterocycles. The molecule has 8 nitrogen and oxygen atoms in total. The van der Waals surface area contributed by atoms with Gasteiger partial charge in [-0.05, 0) is 42.0 Å². The van der Waals surface area contributed by atoms with E-state index in [1.807, 2.05) is 66.7 Å². The van der Waals surface area contributed by atoms with Crippen LogP contribution in [0.2, 0.25) is 0 Å². The van der Waals surface area contributed by atoms with Crippen molar-refractivity contribution in [3.05, 3.63) is 91.1 Å². The molecule has 178 valence electrons. The minimum Gasteiger partial charge on any atom is -0.444 e. The van der Waals surface area contributed by atoms with Crippen molar-refractivity contribution in [1.82, 2.24) is 9.97 Å². The number of anilines is 3. The molecule has 0 aliphatic carbocycles. The minimum absolute atomic E-state index is 0.0410. The predicted molar refractivity (Wildman–Crippen MR) is 141 cm³/mol. The highest BCUT2D eigenvalue weighted by molar-refractivity contribution is 8.00. The van der Waals surface area contributed by atoms with E-state index in [0.717, 1.165) is 32.6 Å². The first-order chi connectivity index (χ1) is 17.6. The lowest BCUT2D eigenvalue weighted by Gasteiger charge is -2.29. The van der Waals surface area contributed by atoms with E-state index in [0.29, 0.717) is 29.4 Å². The number of thioether (sulfide) groups is 1. The lowest BCUT2D eigenvalue weighted by molar-refractivity contribution is -0.116. The van der Waals surface area contributed by atoms with E-state index < -0.39 is 0 Å². The van der Waals surface area contributed by atoms with Crippen LogP contribution in [-0.2, 0) is 11.3 Å². The molecule has 0 radical (unpaired) electrons. The van der Waals surface area contributed by atoms with Crippen molar-refractivity contribution >= 4 is 51.7 Å². The number of rotatable bonds is 5. The van der Waals surface area contributed by atoms with E-state index in [9.17, 15) is 9.59 Å². The Labute approximate surface area is 210 Å². The molecule has 0 atom stereocenters. The van der Waals surface area contributed by atoms with Gasteiger partial charge in [-0.3, -0.25) is 4.79 Å². The highest BCUT2D eigenvalue weighted by Crippen LogP contribution is 2.38. The summed E-state index contributed by atoms with van der Waals surface area (Å²) in [7, 11) is 0. The van der Waals surface area contributed by atoms with Gasteiger partial charge in [0.15, 0.2) is 12.2 Å².